The second-order valence-electron chi connectivity index (χ2n) is 7.17. The Kier molecular flexibility index (Phi) is 6.58. The van der Waals surface area contributed by atoms with Gasteiger partial charge in [-0.1, -0.05) is 35.3 Å². The van der Waals surface area contributed by atoms with E-state index in [1.54, 1.807) is 55.6 Å². The van der Waals surface area contributed by atoms with Gasteiger partial charge < -0.3 is 9.72 Å². The van der Waals surface area contributed by atoms with Crippen LogP contribution in [0.1, 0.15) is 22.8 Å². The van der Waals surface area contributed by atoms with Crippen LogP contribution in [0, 0.1) is 0 Å². The molecule has 0 aliphatic heterocycles. The van der Waals surface area contributed by atoms with E-state index in [1.165, 1.54) is 10.8 Å². The molecule has 0 aliphatic rings. The topological polar surface area (TPSA) is 108 Å². The highest BCUT2D eigenvalue weighted by Gasteiger charge is 2.20. The summed E-state index contributed by atoms with van der Waals surface area (Å²) in [5.74, 6) is -0.859. The molecule has 2 aromatic carbocycles. The molecular formula is C23H18Cl2N4O5. The van der Waals surface area contributed by atoms with Crippen LogP contribution >= 0.6 is 23.2 Å². The minimum absolute atomic E-state index is 0.0532. The van der Waals surface area contributed by atoms with Gasteiger partial charge in [-0.3, -0.25) is 18.5 Å². The summed E-state index contributed by atoms with van der Waals surface area (Å²) in [6.45, 7) is 1.46. The van der Waals surface area contributed by atoms with E-state index in [-0.39, 0.29) is 34.5 Å². The van der Waals surface area contributed by atoms with Crippen LogP contribution in [0.4, 0.5) is 0 Å². The first kappa shape index (κ1) is 23.3. The third-order valence-corrected chi connectivity index (χ3v) is 5.94. The van der Waals surface area contributed by atoms with Crippen LogP contribution in [0.25, 0.3) is 11.4 Å². The molecule has 0 spiro atoms. The third-order valence-electron chi connectivity index (χ3n) is 5.08. The van der Waals surface area contributed by atoms with Crippen molar-refractivity contribution in [3.05, 3.63) is 114 Å². The molecule has 11 heteroatoms. The summed E-state index contributed by atoms with van der Waals surface area (Å²) >= 11 is 12.3. The molecule has 0 atom stereocenters. The molecule has 0 aliphatic carbocycles. The molecule has 174 valence electrons. The molecule has 1 N–H and O–H groups in total. The van der Waals surface area contributed by atoms with Crippen molar-refractivity contribution >= 4 is 29.2 Å². The summed E-state index contributed by atoms with van der Waals surface area (Å²) in [6, 6.07) is 11.3. The van der Waals surface area contributed by atoms with Crippen LogP contribution in [0.2, 0.25) is 10.0 Å². The maximum absolute atomic E-state index is 13.3. The van der Waals surface area contributed by atoms with Gasteiger partial charge in [0.2, 0.25) is 0 Å². The highest BCUT2D eigenvalue weighted by atomic mass is 35.5. The predicted molar refractivity (Wildman–Crippen MR) is 128 cm³/mol. The van der Waals surface area contributed by atoms with Crippen molar-refractivity contribution in [2.45, 2.75) is 13.5 Å². The van der Waals surface area contributed by atoms with Gasteiger partial charge in [0, 0.05) is 18.6 Å². The zero-order chi connectivity index (χ0) is 24.4. The molecular weight excluding hydrogens is 483 g/mol. The summed E-state index contributed by atoms with van der Waals surface area (Å²) in [7, 11) is 0. The van der Waals surface area contributed by atoms with Crippen molar-refractivity contribution in [1.82, 2.24) is 18.7 Å². The number of aromatic amines is 1. The van der Waals surface area contributed by atoms with Crippen molar-refractivity contribution in [3.63, 3.8) is 0 Å². The first-order valence-electron chi connectivity index (χ1n) is 10.1. The Hall–Kier alpha value is -3.82. The first-order chi connectivity index (χ1) is 16.3. The molecule has 0 unspecified atom stereocenters. The first-order valence-corrected chi connectivity index (χ1v) is 10.9. The predicted octanol–water partition coefficient (Wildman–Crippen LogP) is 3.01. The number of hydrogen-bond donors (Lipinski definition) is 1. The Morgan fingerprint density at radius 1 is 1.00 bits per heavy atom. The van der Waals surface area contributed by atoms with Gasteiger partial charge in [0.25, 0.3) is 5.56 Å². The van der Waals surface area contributed by atoms with E-state index in [0.717, 1.165) is 15.3 Å². The number of H-pyrrole nitrogens is 1. The summed E-state index contributed by atoms with van der Waals surface area (Å²) < 4.78 is 8.46. The number of carbonyl (C=O) groups is 1. The zero-order valence-corrected chi connectivity index (χ0v) is 19.3. The van der Waals surface area contributed by atoms with Crippen LogP contribution < -0.4 is 16.9 Å². The number of aromatic nitrogens is 4. The van der Waals surface area contributed by atoms with Crippen molar-refractivity contribution in [2.24, 2.45) is 0 Å². The van der Waals surface area contributed by atoms with Crippen LogP contribution in [-0.2, 0) is 11.3 Å². The van der Waals surface area contributed by atoms with E-state index in [1.807, 2.05) is 0 Å². The van der Waals surface area contributed by atoms with E-state index in [0.29, 0.717) is 16.9 Å². The van der Waals surface area contributed by atoms with E-state index in [2.05, 4.69) is 4.98 Å². The lowest BCUT2D eigenvalue weighted by molar-refractivity contribution is 0.0522. The second-order valence-corrected chi connectivity index (χ2v) is 7.96. The number of nitrogens with one attached hydrogen (secondary N) is 1. The Labute approximate surface area is 202 Å². The number of carbonyl (C=O) groups excluding carboxylic acids is 1. The molecule has 0 fully saturated rings. The number of benzene rings is 2. The van der Waals surface area contributed by atoms with Crippen LogP contribution in [0.3, 0.4) is 0 Å². The normalized spacial score (nSPS) is 10.9. The fourth-order valence-electron chi connectivity index (χ4n) is 3.41. The van der Waals surface area contributed by atoms with Crippen LogP contribution in [0.5, 0.6) is 0 Å². The Bertz CT molecular complexity index is 1550. The molecule has 0 bridgehead atoms. The highest BCUT2D eigenvalue weighted by molar-refractivity contribution is 6.42. The van der Waals surface area contributed by atoms with E-state index in [4.69, 9.17) is 27.9 Å². The fourth-order valence-corrected chi connectivity index (χ4v) is 3.79. The fraction of sp³-hybridized carbons (Fsp3) is 0.130. The largest absolute Gasteiger partial charge is 0.462 e. The van der Waals surface area contributed by atoms with Gasteiger partial charge in [-0.25, -0.2) is 14.4 Å². The average molecular weight is 501 g/mol. The number of esters is 1. The molecule has 4 rings (SSSR count). The quantitative estimate of drug-likeness (QED) is 0.409. The Morgan fingerprint density at radius 3 is 2.29 bits per heavy atom. The van der Waals surface area contributed by atoms with Gasteiger partial charge in [-0.15, -0.1) is 0 Å². The third kappa shape index (κ3) is 4.35. The van der Waals surface area contributed by atoms with Crippen molar-refractivity contribution in [2.75, 3.05) is 6.61 Å². The van der Waals surface area contributed by atoms with Gasteiger partial charge in [-0.05, 0) is 42.8 Å². The molecule has 2 aromatic heterocycles. The maximum atomic E-state index is 13.3. The molecule has 34 heavy (non-hydrogen) atoms. The number of halogens is 2. The number of imidazole rings is 1. The Balaban J connectivity index is 1.87. The van der Waals surface area contributed by atoms with Gasteiger partial charge in [0.1, 0.15) is 5.56 Å². The van der Waals surface area contributed by atoms with Crippen molar-refractivity contribution in [1.29, 1.82) is 0 Å². The van der Waals surface area contributed by atoms with Crippen LogP contribution in [-0.4, -0.2) is 31.3 Å². The number of nitrogens with zero attached hydrogens (tertiary/aromatic N) is 3. The number of ether oxygens (including phenoxy) is 1. The van der Waals surface area contributed by atoms with Gasteiger partial charge >= 0.3 is 17.3 Å². The number of rotatable bonds is 6. The standard InChI is InChI=1S/C23H18Cl2N4O5/c1-2-34-21(31)17-13-28(16-8-6-15(7-9-16)27-11-10-26-22(27)32)23(33)29(20(17)30)12-14-4-3-5-18(24)19(14)25/h3-11,13H,2,12H2,1H3,(H,26,32). The van der Waals surface area contributed by atoms with E-state index in [9.17, 15) is 19.2 Å². The van der Waals surface area contributed by atoms with E-state index >= 15 is 0 Å². The van der Waals surface area contributed by atoms with Gasteiger partial charge in [0.05, 0.1) is 34.6 Å². The molecule has 0 saturated heterocycles. The summed E-state index contributed by atoms with van der Waals surface area (Å²) in [6.07, 6.45) is 4.22. The average Bonchev–Trinajstić information content (AvgIpc) is 3.25. The monoisotopic (exact) mass is 500 g/mol. The maximum Gasteiger partial charge on any atom is 0.345 e. The SMILES string of the molecule is CCOC(=O)c1cn(-c2ccc(-n3cc[nH]c3=O)cc2)c(=O)n(Cc2cccc(Cl)c2Cl)c1=O. The highest BCUT2D eigenvalue weighted by Crippen LogP contribution is 2.25. The smallest absolute Gasteiger partial charge is 0.345 e. The van der Waals surface area contributed by atoms with Gasteiger partial charge in [-0.2, -0.15) is 0 Å². The lowest BCUT2D eigenvalue weighted by Crippen LogP contribution is -2.42. The molecule has 2 heterocycles. The number of hydrogen-bond acceptors (Lipinski definition) is 5. The van der Waals surface area contributed by atoms with Gasteiger partial charge in [0.15, 0.2) is 0 Å². The van der Waals surface area contributed by atoms with E-state index < -0.39 is 17.2 Å². The summed E-state index contributed by atoms with van der Waals surface area (Å²) in [4.78, 5) is 53.3. The zero-order valence-electron chi connectivity index (χ0n) is 17.8. The minimum Gasteiger partial charge on any atom is -0.462 e. The summed E-state index contributed by atoms with van der Waals surface area (Å²) in [5, 5.41) is 0.467. The van der Waals surface area contributed by atoms with Crippen molar-refractivity contribution < 1.29 is 9.53 Å². The lowest BCUT2D eigenvalue weighted by Gasteiger charge is -2.14. The molecule has 0 amide bonds. The second kappa shape index (κ2) is 9.58. The molecule has 0 radical (unpaired) electrons. The van der Waals surface area contributed by atoms with Crippen LogP contribution in [0.15, 0.2) is 75.4 Å². The Morgan fingerprint density at radius 2 is 1.68 bits per heavy atom. The van der Waals surface area contributed by atoms with Crippen molar-refractivity contribution in [3.8, 4) is 11.4 Å². The molecule has 4 aromatic rings. The lowest BCUT2D eigenvalue weighted by atomic mass is 10.2. The minimum atomic E-state index is -0.859. The molecule has 0 saturated carbocycles. The molecule has 9 nitrogen and oxygen atoms in total. The summed E-state index contributed by atoms with van der Waals surface area (Å²) in [5.41, 5.74) is -0.775.